The zero-order chi connectivity index (χ0) is 21.2. The Balaban J connectivity index is 1.65. The van der Waals surface area contributed by atoms with Crippen molar-refractivity contribution in [3.63, 3.8) is 0 Å². The summed E-state index contributed by atoms with van der Waals surface area (Å²) in [4.78, 5) is 26.8. The molecule has 3 rings (SSSR count). The maximum atomic E-state index is 12.7. The van der Waals surface area contributed by atoms with Crippen molar-refractivity contribution in [3.05, 3.63) is 64.1 Å². The molecule has 0 aliphatic carbocycles. The molecule has 29 heavy (non-hydrogen) atoms. The van der Waals surface area contributed by atoms with Gasteiger partial charge in [0.05, 0.1) is 4.90 Å². The number of nitrogens with one attached hydrogen (secondary N) is 1. The number of hydrogen-bond acceptors (Lipinski definition) is 4. The molecule has 1 fully saturated rings. The minimum Gasteiger partial charge on any atom is -0.328 e. The van der Waals surface area contributed by atoms with Crippen LogP contribution in [0.5, 0.6) is 0 Å². The Morgan fingerprint density at radius 2 is 1.83 bits per heavy atom. The summed E-state index contributed by atoms with van der Waals surface area (Å²) in [5, 5.41) is 0.986. The van der Waals surface area contributed by atoms with Crippen molar-refractivity contribution >= 4 is 45.0 Å². The minimum absolute atomic E-state index is 0.00784. The molecular formula is C20H20Cl2N2O4S. The molecule has 0 radical (unpaired) electrons. The monoisotopic (exact) mass is 454 g/mol. The second-order valence-corrected chi connectivity index (χ2v) is 9.58. The van der Waals surface area contributed by atoms with E-state index in [-0.39, 0.29) is 17.2 Å². The lowest BCUT2D eigenvalue weighted by atomic mass is 9.85. The third-order valence-corrected chi connectivity index (χ3v) is 7.05. The van der Waals surface area contributed by atoms with Gasteiger partial charge >= 0.3 is 0 Å². The summed E-state index contributed by atoms with van der Waals surface area (Å²) in [6.07, 6.45) is 0.928. The zero-order valence-electron chi connectivity index (χ0n) is 15.7. The summed E-state index contributed by atoms with van der Waals surface area (Å²) in [5.41, 5.74) is -0.425. The van der Waals surface area contributed by atoms with Gasteiger partial charge in [0.2, 0.25) is 5.91 Å². The van der Waals surface area contributed by atoms with Gasteiger partial charge in [0, 0.05) is 23.0 Å². The van der Waals surface area contributed by atoms with Gasteiger partial charge in [0.1, 0.15) is 5.54 Å². The Morgan fingerprint density at radius 1 is 1.14 bits per heavy atom. The van der Waals surface area contributed by atoms with Gasteiger partial charge in [-0.3, -0.25) is 9.59 Å². The number of carbonyl (C=O) groups is 2. The Kier molecular flexibility index (Phi) is 6.22. The van der Waals surface area contributed by atoms with E-state index in [0.717, 1.165) is 5.56 Å². The predicted molar refractivity (Wildman–Crippen MR) is 111 cm³/mol. The highest BCUT2D eigenvalue weighted by Crippen LogP contribution is 2.32. The van der Waals surface area contributed by atoms with Crippen molar-refractivity contribution in [2.75, 3.05) is 6.54 Å². The Hall–Kier alpha value is -2.09. The van der Waals surface area contributed by atoms with Gasteiger partial charge in [-0.15, -0.1) is 0 Å². The molecule has 2 aromatic carbocycles. The first-order valence-electron chi connectivity index (χ1n) is 9.00. The van der Waals surface area contributed by atoms with Gasteiger partial charge in [-0.25, -0.2) is 13.1 Å². The fraction of sp³-hybridized carbons (Fsp3) is 0.300. The zero-order valence-corrected chi connectivity index (χ0v) is 18.0. The van der Waals surface area contributed by atoms with Crippen LogP contribution in [0.1, 0.15) is 25.3 Å². The minimum atomic E-state index is -4.00. The normalized spacial score (nSPS) is 18.8. The van der Waals surface area contributed by atoms with E-state index in [2.05, 4.69) is 4.72 Å². The van der Waals surface area contributed by atoms with Crippen LogP contribution in [0.15, 0.2) is 53.4 Å². The molecule has 1 heterocycles. The van der Waals surface area contributed by atoms with E-state index in [0.29, 0.717) is 29.4 Å². The van der Waals surface area contributed by atoms with E-state index in [4.69, 9.17) is 23.2 Å². The van der Waals surface area contributed by atoms with E-state index < -0.39 is 21.5 Å². The Bertz CT molecular complexity index is 1040. The highest BCUT2D eigenvalue weighted by molar-refractivity contribution is 7.90. The number of aryl methyl sites for hydroxylation is 1. The Morgan fingerprint density at radius 3 is 2.41 bits per heavy atom. The van der Waals surface area contributed by atoms with Crippen LogP contribution >= 0.6 is 23.2 Å². The number of nitrogens with zero attached hydrogens (tertiary/aromatic N) is 1. The standard InChI is InChI=1S/C20H20Cl2N2O4S/c1-20(19(26)23-29(27,28)16-5-3-2-4-6-16)11-12-24(20)18(25)10-8-14-7-9-15(21)13-17(14)22/h2-7,9,13H,8,10-12H2,1H3,(H,23,26). The molecular weight excluding hydrogens is 435 g/mol. The first-order valence-corrected chi connectivity index (χ1v) is 11.2. The van der Waals surface area contributed by atoms with Crippen LogP contribution < -0.4 is 4.72 Å². The lowest BCUT2D eigenvalue weighted by molar-refractivity contribution is -0.156. The molecule has 1 atom stereocenters. The highest BCUT2D eigenvalue weighted by Gasteiger charge is 2.50. The fourth-order valence-corrected chi connectivity index (χ4v) is 4.79. The molecule has 1 unspecified atom stereocenters. The largest absolute Gasteiger partial charge is 0.328 e. The molecule has 2 aromatic rings. The van der Waals surface area contributed by atoms with E-state index in [9.17, 15) is 18.0 Å². The smallest absolute Gasteiger partial charge is 0.264 e. The number of likely N-dealkylation sites (tertiary alicyclic amines) is 1. The van der Waals surface area contributed by atoms with E-state index >= 15 is 0 Å². The Labute approximate surface area is 179 Å². The maximum absolute atomic E-state index is 12.7. The number of hydrogen-bond donors (Lipinski definition) is 1. The molecule has 154 valence electrons. The second-order valence-electron chi connectivity index (χ2n) is 7.05. The van der Waals surface area contributed by atoms with Crippen LogP contribution in [0.4, 0.5) is 0 Å². The van der Waals surface area contributed by atoms with Crippen LogP contribution in [-0.4, -0.2) is 37.2 Å². The topological polar surface area (TPSA) is 83.6 Å². The maximum Gasteiger partial charge on any atom is 0.264 e. The number of rotatable bonds is 6. The average Bonchev–Trinajstić information content (AvgIpc) is 2.66. The lowest BCUT2D eigenvalue weighted by Gasteiger charge is -2.49. The fourth-order valence-electron chi connectivity index (χ4n) is 3.19. The van der Waals surface area contributed by atoms with Crippen molar-refractivity contribution in [3.8, 4) is 0 Å². The summed E-state index contributed by atoms with van der Waals surface area (Å²) in [7, 11) is -4.00. The van der Waals surface area contributed by atoms with Gasteiger partial charge < -0.3 is 4.90 Å². The number of sulfonamides is 1. The van der Waals surface area contributed by atoms with Crippen LogP contribution in [0, 0.1) is 0 Å². The summed E-state index contributed by atoms with van der Waals surface area (Å²) in [5.74, 6) is -0.956. The summed E-state index contributed by atoms with van der Waals surface area (Å²) < 4.78 is 26.9. The van der Waals surface area contributed by atoms with E-state index in [1.165, 1.54) is 17.0 Å². The van der Waals surface area contributed by atoms with Crippen LogP contribution in [0.3, 0.4) is 0 Å². The van der Waals surface area contributed by atoms with Gasteiger partial charge in [-0.2, -0.15) is 0 Å². The molecule has 1 aliphatic rings. The number of benzene rings is 2. The number of carbonyl (C=O) groups excluding carboxylic acids is 2. The molecule has 2 amide bonds. The van der Waals surface area contributed by atoms with Crippen molar-refractivity contribution in [2.24, 2.45) is 0 Å². The highest BCUT2D eigenvalue weighted by atomic mass is 35.5. The molecule has 9 heteroatoms. The van der Waals surface area contributed by atoms with Crippen LogP contribution in [0.25, 0.3) is 0 Å². The molecule has 6 nitrogen and oxygen atoms in total. The molecule has 1 saturated heterocycles. The van der Waals surface area contributed by atoms with Crippen LogP contribution in [0.2, 0.25) is 10.0 Å². The summed E-state index contributed by atoms with van der Waals surface area (Å²) in [6.45, 7) is 1.96. The number of halogens is 2. The van der Waals surface area contributed by atoms with Gasteiger partial charge in [0.15, 0.2) is 0 Å². The van der Waals surface area contributed by atoms with E-state index in [1.807, 2.05) is 0 Å². The van der Waals surface area contributed by atoms with E-state index in [1.54, 1.807) is 43.3 Å². The molecule has 0 aromatic heterocycles. The van der Waals surface area contributed by atoms with Crippen molar-refractivity contribution in [2.45, 2.75) is 36.6 Å². The first-order chi connectivity index (χ1) is 13.6. The SMILES string of the molecule is CC1(C(=O)NS(=O)(=O)c2ccccc2)CCN1C(=O)CCc1ccc(Cl)cc1Cl. The molecule has 1 N–H and O–H groups in total. The lowest BCUT2D eigenvalue weighted by Crippen LogP contribution is -2.67. The van der Waals surface area contributed by atoms with Crippen molar-refractivity contribution in [1.82, 2.24) is 9.62 Å². The average molecular weight is 455 g/mol. The molecule has 0 spiro atoms. The third kappa shape index (κ3) is 4.57. The third-order valence-electron chi connectivity index (χ3n) is 5.11. The predicted octanol–water partition coefficient (Wildman–Crippen LogP) is 3.42. The van der Waals surface area contributed by atoms with Crippen molar-refractivity contribution < 1.29 is 18.0 Å². The van der Waals surface area contributed by atoms with Gasteiger partial charge in [0.25, 0.3) is 15.9 Å². The summed E-state index contributed by atoms with van der Waals surface area (Å²) >= 11 is 12.0. The molecule has 0 bridgehead atoms. The second kappa shape index (κ2) is 8.34. The summed E-state index contributed by atoms with van der Waals surface area (Å²) in [6, 6.07) is 12.7. The molecule has 1 aliphatic heterocycles. The number of amides is 2. The first kappa shape index (κ1) is 21.6. The van der Waals surface area contributed by atoms with Gasteiger partial charge in [-0.05, 0) is 49.6 Å². The van der Waals surface area contributed by atoms with Crippen LogP contribution in [-0.2, 0) is 26.0 Å². The molecule has 0 saturated carbocycles. The van der Waals surface area contributed by atoms with Gasteiger partial charge in [-0.1, -0.05) is 47.5 Å². The quantitative estimate of drug-likeness (QED) is 0.724. The van der Waals surface area contributed by atoms with Crippen molar-refractivity contribution in [1.29, 1.82) is 0 Å².